The molecule has 0 radical (unpaired) electrons. The topological polar surface area (TPSA) is 61.9 Å². The van der Waals surface area contributed by atoms with E-state index in [0.29, 0.717) is 25.7 Å². The van der Waals surface area contributed by atoms with E-state index in [-0.39, 0.29) is 17.4 Å². The Labute approximate surface area is 180 Å². The minimum atomic E-state index is -0.697. The standard InChI is InChI=1S/C24H37N3O3/c1-6-23(3,4)19-12-14-24(15-13-19)21(28)27(22(29)25-24)17-26(5)16-18-8-10-20(11-9-18)30-7-2/h8-11,19H,6-7,12-17H2,1-5H3,(H,25,29). The summed E-state index contributed by atoms with van der Waals surface area (Å²) in [7, 11) is 1.93. The first-order valence-corrected chi connectivity index (χ1v) is 11.2. The molecular formula is C24H37N3O3. The summed E-state index contributed by atoms with van der Waals surface area (Å²) in [5.41, 5.74) is 0.701. The fourth-order valence-electron chi connectivity index (χ4n) is 4.79. The normalized spacial score (nSPS) is 24.6. The van der Waals surface area contributed by atoms with E-state index in [0.717, 1.165) is 43.4 Å². The van der Waals surface area contributed by atoms with Crippen molar-refractivity contribution in [2.24, 2.45) is 11.3 Å². The van der Waals surface area contributed by atoms with Crippen molar-refractivity contribution in [3.05, 3.63) is 29.8 Å². The maximum absolute atomic E-state index is 13.2. The van der Waals surface area contributed by atoms with Crippen molar-refractivity contribution in [2.45, 2.75) is 71.9 Å². The average molecular weight is 416 g/mol. The molecule has 1 spiro atoms. The number of carbonyl (C=O) groups is 2. The quantitative estimate of drug-likeness (QED) is 0.640. The van der Waals surface area contributed by atoms with Gasteiger partial charge in [-0.2, -0.15) is 0 Å². The number of nitrogens with zero attached hydrogens (tertiary/aromatic N) is 2. The van der Waals surface area contributed by atoms with Gasteiger partial charge in [0.25, 0.3) is 5.91 Å². The number of hydrogen-bond acceptors (Lipinski definition) is 4. The highest BCUT2D eigenvalue weighted by atomic mass is 16.5. The van der Waals surface area contributed by atoms with Crippen LogP contribution in [0.15, 0.2) is 24.3 Å². The molecule has 3 amide bonds. The molecule has 1 aliphatic carbocycles. The number of rotatable bonds is 8. The Balaban J connectivity index is 1.58. The Morgan fingerprint density at radius 1 is 1.17 bits per heavy atom. The van der Waals surface area contributed by atoms with Crippen molar-refractivity contribution < 1.29 is 14.3 Å². The van der Waals surface area contributed by atoms with Crippen molar-refractivity contribution in [1.82, 2.24) is 15.1 Å². The molecule has 0 unspecified atom stereocenters. The van der Waals surface area contributed by atoms with Gasteiger partial charge in [0.1, 0.15) is 11.3 Å². The van der Waals surface area contributed by atoms with Crippen molar-refractivity contribution in [1.29, 1.82) is 0 Å². The molecule has 1 aromatic rings. The van der Waals surface area contributed by atoms with E-state index in [9.17, 15) is 9.59 Å². The zero-order valence-corrected chi connectivity index (χ0v) is 19.2. The van der Waals surface area contributed by atoms with Crippen LogP contribution >= 0.6 is 0 Å². The zero-order valence-electron chi connectivity index (χ0n) is 19.2. The Morgan fingerprint density at radius 3 is 2.37 bits per heavy atom. The fourth-order valence-corrected chi connectivity index (χ4v) is 4.79. The lowest BCUT2D eigenvalue weighted by Gasteiger charge is -2.42. The van der Waals surface area contributed by atoms with Gasteiger partial charge in [0, 0.05) is 6.54 Å². The van der Waals surface area contributed by atoms with Crippen LogP contribution < -0.4 is 10.1 Å². The zero-order chi connectivity index (χ0) is 21.9. The lowest BCUT2D eigenvalue weighted by molar-refractivity contribution is -0.134. The third kappa shape index (κ3) is 4.64. The average Bonchev–Trinajstić information content (AvgIpc) is 2.94. The molecule has 0 bridgehead atoms. The third-order valence-corrected chi connectivity index (χ3v) is 7.17. The Hall–Kier alpha value is -2.08. The minimum absolute atomic E-state index is 0.0567. The van der Waals surface area contributed by atoms with E-state index in [1.54, 1.807) is 0 Å². The van der Waals surface area contributed by atoms with Crippen molar-refractivity contribution >= 4 is 11.9 Å². The molecule has 2 fully saturated rings. The van der Waals surface area contributed by atoms with Crippen LogP contribution in [0.5, 0.6) is 5.75 Å². The molecule has 1 aromatic carbocycles. The van der Waals surface area contributed by atoms with E-state index in [4.69, 9.17) is 4.74 Å². The van der Waals surface area contributed by atoms with E-state index < -0.39 is 5.54 Å². The highest BCUT2D eigenvalue weighted by Crippen LogP contribution is 2.45. The van der Waals surface area contributed by atoms with Gasteiger partial charge in [-0.25, -0.2) is 9.69 Å². The summed E-state index contributed by atoms with van der Waals surface area (Å²) in [6.07, 6.45) is 4.59. The molecule has 30 heavy (non-hydrogen) atoms. The van der Waals surface area contributed by atoms with Crippen LogP contribution in [-0.2, 0) is 11.3 Å². The molecule has 1 aliphatic heterocycles. The van der Waals surface area contributed by atoms with Crippen LogP contribution in [0, 0.1) is 11.3 Å². The molecule has 166 valence electrons. The highest BCUT2D eigenvalue weighted by molar-refractivity contribution is 6.07. The first-order chi connectivity index (χ1) is 14.2. The molecule has 1 saturated heterocycles. The van der Waals surface area contributed by atoms with E-state index >= 15 is 0 Å². The molecular weight excluding hydrogens is 378 g/mol. The number of amides is 3. The number of imide groups is 1. The molecule has 6 nitrogen and oxygen atoms in total. The SMILES string of the molecule is CCOc1ccc(CN(C)CN2C(=O)NC3(CCC(C(C)(C)CC)CC3)C2=O)cc1. The molecule has 1 saturated carbocycles. The molecule has 3 rings (SSSR count). The molecule has 2 aliphatic rings. The number of nitrogens with one attached hydrogen (secondary N) is 1. The smallest absolute Gasteiger partial charge is 0.326 e. The molecule has 1 N–H and O–H groups in total. The monoisotopic (exact) mass is 415 g/mol. The van der Waals surface area contributed by atoms with Crippen LogP contribution in [0.1, 0.15) is 65.4 Å². The molecule has 1 heterocycles. The second kappa shape index (κ2) is 8.96. The number of carbonyl (C=O) groups excluding carboxylic acids is 2. The minimum Gasteiger partial charge on any atom is -0.494 e. The van der Waals surface area contributed by atoms with Crippen LogP contribution in [0.2, 0.25) is 0 Å². The molecule has 0 aromatic heterocycles. The second-order valence-corrected chi connectivity index (χ2v) is 9.59. The van der Waals surface area contributed by atoms with Crippen LogP contribution in [0.3, 0.4) is 0 Å². The maximum Gasteiger partial charge on any atom is 0.326 e. The molecule has 6 heteroatoms. The first kappa shape index (κ1) is 22.6. The van der Waals surface area contributed by atoms with Gasteiger partial charge in [-0.15, -0.1) is 0 Å². The highest BCUT2D eigenvalue weighted by Gasteiger charge is 2.53. The summed E-state index contributed by atoms with van der Waals surface area (Å²) >= 11 is 0. The van der Waals surface area contributed by atoms with Gasteiger partial charge in [0.2, 0.25) is 0 Å². The summed E-state index contributed by atoms with van der Waals surface area (Å²) in [5, 5.41) is 3.04. The number of hydrogen-bond donors (Lipinski definition) is 1. The Morgan fingerprint density at radius 2 is 1.80 bits per heavy atom. The lowest BCUT2D eigenvalue weighted by atomic mass is 9.65. The third-order valence-electron chi connectivity index (χ3n) is 7.17. The van der Waals surface area contributed by atoms with Gasteiger partial charge >= 0.3 is 6.03 Å². The van der Waals surface area contributed by atoms with Crippen molar-refractivity contribution in [3.63, 3.8) is 0 Å². The maximum atomic E-state index is 13.2. The van der Waals surface area contributed by atoms with Gasteiger partial charge in [-0.3, -0.25) is 9.69 Å². The Kier molecular flexibility index (Phi) is 6.75. The van der Waals surface area contributed by atoms with Gasteiger partial charge in [0.05, 0.1) is 13.3 Å². The fraction of sp³-hybridized carbons (Fsp3) is 0.667. The largest absolute Gasteiger partial charge is 0.494 e. The van der Waals surface area contributed by atoms with E-state index in [1.165, 1.54) is 4.90 Å². The number of ether oxygens (including phenoxy) is 1. The predicted octanol–water partition coefficient (Wildman–Crippen LogP) is 4.39. The van der Waals surface area contributed by atoms with Crippen molar-refractivity contribution in [2.75, 3.05) is 20.3 Å². The van der Waals surface area contributed by atoms with Crippen molar-refractivity contribution in [3.8, 4) is 5.75 Å². The summed E-state index contributed by atoms with van der Waals surface area (Å²) in [6.45, 7) is 10.4. The van der Waals surface area contributed by atoms with Crippen LogP contribution in [-0.4, -0.2) is 47.6 Å². The first-order valence-electron chi connectivity index (χ1n) is 11.2. The summed E-state index contributed by atoms with van der Waals surface area (Å²) in [6, 6.07) is 7.68. The second-order valence-electron chi connectivity index (χ2n) is 9.59. The summed E-state index contributed by atoms with van der Waals surface area (Å²) < 4.78 is 5.48. The van der Waals surface area contributed by atoms with Gasteiger partial charge in [-0.05, 0) is 68.7 Å². The van der Waals surface area contributed by atoms with Gasteiger partial charge < -0.3 is 10.1 Å². The van der Waals surface area contributed by atoms with E-state index in [1.807, 2.05) is 43.1 Å². The summed E-state index contributed by atoms with van der Waals surface area (Å²) in [5.74, 6) is 1.40. The number of urea groups is 1. The van der Waals surface area contributed by atoms with Gasteiger partial charge in [-0.1, -0.05) is 39.3 Å². The van der Waals surface area contributed by atoms with Gasteiger partial charge in [0.15, 0.2) is 0 Å². The molecule has 0 atom stereocenters. The Bertz CT molecular complexity index is 751. The number of benzene rings is 1. The predicted molar refractivity (Wildman–Crippen MR) is 118 cm³/mol. The van der Waals surface area contributed by atoms with Crippen LogP contribution in [0.4, 0.5) is 4.79 Å². The van der Waals surface area contributed by atoms with E-state index in [2.05, 4.69) is 26.1 Å². The summed E-state index contributed by atoms with van der Waals surface area (Å²) in [4.78, 5) is 29.3. The lowest BCUT2D eigenvalue weighted by Crippen LogP contribution is -2.51. The van der Waals surface area contributed by atoms with Crippen LogP contribution in [0.25, 0.3) is 0 Å².